The Balaban J connectivity index is 1.79. The van der Waals surface area contributed by atoms with Gasteiger partial charge in [0.25, 0.3) is 0 Å². The molecule has 2 saturated carbocycles. The van der Waals surface area contributed by atoms with Crippen LogP contribution in [0.3, 0.4) is 0 Å². The van der Waals surface area contributed by atoms with Crippen molar-refractivity contribution >= 4 is 8.74 Å². The molecule has 4 unspecified atom stereocenters. The van der Waals surface area contributed by atoms with Crippen molar-refractivity contribution in [3.63, 3.8) is 0 Å². The van der Waals surface area contributed by atoms with E-state index in [2.05, 4.69) is 4.90 Å². The van der Waals surface area contributed by atoms with Gasteiger partial charge in [-0.25, -0.2) is 0 Å². The number of nitrogens with zero attached hydrogens (tertiary/aromatic N) is 1. The van der Waals surface area contributed by atoms with Crippen LogP contribution in [0.4, 0.5) is 8.22 Å². The van der Waals surface area contributed by atoms with E-state index >= 15 is 0 Å². The highest BCUT2D eigenvalue weighted by Gasteiger charge is 2.55. The van der Waals surface area contributed by atoms with Crippen LogP contribution in [0.25, 0.3) is 0 Å². The molecule has 3 fully saturated rings. The monoisotopic (exact) mass is 273 g/mol. The van der Waals surface area contributed by atoms with E-state index in [1.165, 1.54) is 38.7 Å². The van der Waals surface area contributed by atoms with Crippen molar-refractivity contribution < 1.29 is 8.22 Å². The maximum absolute atomic E-state index is 14.0. The molecule has 0 aromatic heterocycles. The smallest absolute Gasteiger partial charge is 0.300 e. The molecule has 0 bridgehead atoms. The Kier molecular flexibility index (Phi) is 3.52. The standard InChI is InChI=1S/C14H25F2NSi/c1-18(15,16)14-10-13(17-8-4-5-9-17)11-6-2-3-7-12(11)14/h11-14H,2-10H2,1H3. The molecule has 0 N–H and O–H groups in total. The van der Waals surface area contributed by atoms with Gasteiger partial charge in [0.1, 0.15) is 0 Å². The first-order valence-electron chi connectivity index (χ1n) is 7.69. The molecular formula is C14H25F2NSi. The molecule has 0 amide bonds. The van der Waals surface area contributed by atoms with Gasteiger partial charge in [-0.2, -0.15) is 0 Å². The molecule has 104 valence electrons. The number of fused-ring (bicyclic) bond motifs is 1. The molecule has 0 spiro atoms. The van der Waals surface area contributed by atoms with Gasteiger partial charge in [0.2, 0.25) is 0 Å². The second kappa shape index (κ2) is 4.86. The van der Waals surface area contributed by atoms with Crippen molar-refractivity contribution in [2.45, 2.75) is 63.1 Å². The van der Waals surface area contributed by atoms with Crippen LogP contribution in [0, 0.1) is 11.8 Å². The largest absolute Gasteiger partial charge is 0.425 e. The summed E-state index contributed by atoms with van der Waals surface area (Å²) in [6.07, 6.45) is 8.12. The highest BCUT2D eigenvalue weighted by Crippen LogP contribution is 2.55. The normalized spacial score (nSPS) is 42.2. The van der Waals surface area contributed by atoms with Gasteiger partial charge in [0.15, 0.2) is 0 Å². The number of halogens is 2. The molecule has 2 aliphatic carbocycles. The second-order valence-electron chi connectivity index (χ2n) is 6.72. The number of likely N-dealkylation sites (tertiary alicyclic amines) is 1. The summed E-state index contributed by atoms with van der Waals surface area (Å²) < 4.78 is 28.0. The van der Waals surface area contributed by atoms with E-state index in [-0.39, 0.29) is 5.54 Å². The second-order valence-corrected chi connectivity index (χ2v) is 9.38. The lowest BCUT2D eigenvalue weighted by Gasteiger charge is -2.35. The number of hydrogen-bond acceptors (Lipinski definition) is 1. The van der Waals surface area contributed by atoms with Crippen molar-refractivity contribution in [1.29, 1.82) is 0 Å². The molecule has 1 aliphatic heterocycles. The van der Waals surface area contributed by atoms with E-state index in [0.717, 1.165) is 25.9 Å². The molecule has 4 atom stereocenters. The molecule has 0 aromatic carbocycles. The molecule has 3 aliphatic rings. The van der Waals surface area contributed by atoms with Gasteiger partial charge in [-0.15, -0.1) is 0 Å². The van der Waals surface area contributed by atoms with Gasteiger partial charge in [0.05, 0.1) is 0 Å². The van der Waals surface area contributed by atoms with Crippen LogP contribution >= 0.6 is 0 Å². The zero-order chi connectivity index (χ0) is 12.8. The van der Waals surface area contributed by atoms with E-state index < -0.39 is 8.74 Å². The van der Waals surface area contributed by atoms with E-state index in [1.54, 1.807) is 0 Å². The first-order chi connectivity index (χ1) is 8.57. The molecule has 4 heteroatoms. The van der Waals surface area contributed by atoms with Crippen LogP contribution in [0.5, 0.6) is 0 Å². The molecule has 18 heavy (non-hydrogen) atoms. The van der Waals surface area contributed by atoms with Crippen molar-refractivity contribution in [3.8, 4) is 0 Å². The lowest BCUT2D eigenvalue weighted by molar-refractivity contribution is 0.148. The third kappa shape index (κ3) is 2.26. The first-order valence-corrected chi connectivity index (χ1v) is 10.0. The summed E-state index contributed by atoms with van der Waals surface area (Å²) in [4.78, 5) is 2.54. The van der Waals surface area contributed by atoms with Gasteiger partial charge in [-0.3, -0.25) is 8.22 Å². The molecule has 0 radical (unpaired) electrons. The third-order valence-corrected chi connectivity index (χ3v) is 7.61. The van der Waals surface area contributed by atoms with Gasteiger partial charge >= 0.3 is 8.74 Å². The minimum Gasteiger partial charge on any atom is -0.300 e. The Morgan fingerprint density at radius 3 is 2.17 bits per heavy atom. The van der Waals surface area contributed by atoms with Gasteiger partial charge in [0, 0.05) is 11.6 Å². The Hall–Kier alpha value is 0.0369. The summed E-state index contributed by atoms with van der Waals surface area (Å²) in [5.74, 6) is 0.955. The molecule has 1 nitrogen and oxygen atoms in total. The Morgan fingerprint density at radius 1 is 0.944 bits per heavy atom. The summed E-state index contributed by atoms with van der Waals surface area (Å²) in [5.41, 5.74) is -0.214. The van der Waals surface area contributed by atoms with Crippen molar-refractivity contribution in [2.24, 2.45) is 11.8 Å². The summed E-state index contributed by atoms with van der Waals surface area (Å²) in [5, 5.41) is 0. The molecular weight excluding hydrogens is 248 g/mol. The molecule has 1 saturated heterocycles. The van der Waals surface area contributed by atoms with E-state index in [0.29, 0.717) is 17.9 Å². The summed E-state index contributed by atoms with van der Waals surface area (Å²) in [6, 6.07) is 0.501. The highest BCUT2D eigenvalue weighted by molar-refractivity contribution is 6.66. The van der Waals surface area contributed by atoms with E-state index in [1.807, 2.05) is 0 Å². The summed E-state index contributed by atoms with van der Waals surface area (Å²) in [7, 11) is -3.95. The highest BCUT2D eigenvalue weighted by atomic mass is 28.4. The zero-order valence-electron chi connectivity index (χ0n) is 11.4. The predicted molar refractivity (Wildman–Crippen MR) is 72.2 cm³/mol. The predicted octanol–water partition coefficient (Wildman–Crippen LogP) is 4.04. The first kappa shape index (κ1) is 13.0. The zero-order valence-corrected chi connectivity index (χ0v) is 12.4. The van der Waals surface area contributed by atoms with Crippen LogP contribution in [-0.2, 0) is 0 Å². The molecule has 1 heterocycles. The van der Waals surface area contributed by atoms with Crippen LogP contribution in [0.1, 0.15) is 44.9 Å². The fourth-order valence-corrected chi connectivity index (χ4v) is 6.67. The van der Waals surface area contributed by atoms with Crippen LogP contribution in [-0.4, -0.2) is 32.8 Å². The molecule has 0 aromatic rings. The Labute approximate surface area is 110 Å². The van der Waals surface area contributed by atoms with Crippen LogP contribution in [0.15, 0.2) is 0 Å². The lowest BCUT2D eigenvalue weighted by Crippen LogP contribution is -2.37. The van der Waals surface area contributed by atoms with Gasteiger partial charge in [-0.1, -0.05) is 12.8 Å². The van der Waals surface area contributed by atoms with Crippen molar-refractivity contribution in [1.82, 2.24) is 4.90 Å². The average Bonchev–Trinajstić information content (AvgIpc) is 2.94. The lowest BCUT2D eigenvalue weighted by atomic mass is 9.80. The Morgan fingerprint density at radius 2 is 1.56 bits per heavy atom. The Bertz CT molecular complexity index is 299. The van der Waals surface area contributed by atoms with Crippen molar-refractivity contribution in [3.05, 3.63) is 0 Å². The van der Waals surface area contributed by atoms with Crippen molar-refractivity contribution in [2.75, 3.05) is 13.1 Å². The van der Waals surface area contributed by atoms with Gasteiger partial charge in [-0.05, 0) is 63.6 Å². The van der Waals surface area contributed by atoms with Gasteiger partial charge < -0.3 is 4.90 Å². The topological polar surface area (TPSA) is 3.24 Å². The number of rotatable bonds is 2. The van der Waals surface area contributed by atoms with E-state index in [9.17, 15) is 8.22 Å². The SMILES string of the molecule is C[Si](F)(F)C1CC(N2CCCC2)C2CCCCC21. The van der Waals surface area contributed by atoms with Crippen LogP contribution < -0.4 is 0 Å². The number of hydrogen-bond donors (Lipinski definition) is 0. The average molecular weight is 273 g/mol. The quantitative estimate of drug-likeness (QED) is 0.542. The maximum Gasteiger partial charge on any atom is 0.425 e. The summed E-state index contributed by atoms with van der Waals surface area (Å²) >= 11 is 0. The molecule has 3 rings (SSSR count). The minimum absolute atomic E-state index is 0.214. The third-order valence-electron chi connectivity index (χ3n) is 5.64. The van der Waals surface area contributed by atoms with E-state index in [4.69, 9.17) is 0 Å². The fraction of sp³-hybridized carbons (Fsp3) is 1.00. The fourth-order valence-electron chi connectivity index (χ4n) is 4.85. The van der Waals surface area contributed by atoms with Crippen LogP contribution in [0.2, 0.25) is 12.1 Å². The minimum atomic E-state index is -3.95. The maximum atomic E-state index is 14.0. The summed E-state index contributed by atoms with van der Waals surface area (Å²) in [6.45, 7) is 3.62.